The number of carbonyl (C=O) groups excluding carboxylic acids is 2. The third-order valence-electron chi connectivity index (χ3n) is 4.55. The summed E-state index contributed by atoms with van der Waals surface area (Å²) in [7, 11) is 0. The molecule has 2 aliphatic heterocycles. The first-order valence-corrected chi connectivity index (χ1v) is 10.3. The molecule has 0 aliphatic carbocycles. The number of hydrazine groups is 1. The third-order valence-corrected chi connectivity index (χ3v) is 5.76. The van der Waals surface area contributed by atoms with E-state index in [9.17, 15) is 18.4 Å². The number of benzene rings is 2. The molecule has 156 valence electrons. The molecule has 1 saturated heterocycles. The number of hydrogen-bond donors (Lipinski definition) is 3. The van der Waals surface area contributed by atoms with E-state index in [2.05, 4.69) is 21.2 Å². The summed E-state index contributed by atoms with van der Waals surface area (Å²) in [4.78, 5) is 31.0. The summed E-state index contributed by atoms with van der Waals surface area (Å²) in [6.07, 6.45) is -0.499. The predicted molar refractivity (Wildman–Crippen MR) is 112 cm³/mol. The first-order valence-electron chi connectivity index (χ1n) is 8.96. The van der Waals surface area contributed by atoms with Gasteiger partial charge in [0.1, 0.15) is 6.17 Å². The highest BCUT2D eigenvalue weighted by atomic mass is 35.5. The Bertz CT molecular complexity index is 1020. The van der Waals surface area contributed by atoms with Crippen molar-refractivity contribution in [2.45, 2.75) is 6.17 Å². The van der Waals surface area contributed by atoms with E-state index in [1.54, 1.807) is 24.3 Å². The largest absolute Gasteiger partial charge is 0.325 e. The lowest BCUT2D eigenvalue weighted by Crippen LogP contribution is -2.49. The van der Waals surface area contributed by atoms with Gasteiger partial charge in [-0.2, -0.15) is 0 Å². The lowest BCUT2D eigenvalue weighted by atomic mass is 10.0. The van der Waals surface area contributed by atoms with E-state index in [1.807, 2.05) is 0 Å². The zero-order valence-electron chi connectivity index (χ0n) is 15.4. The number of halogens is 3. The number of carbonyl (C=O) groups is 2. The molecule has 2 heterocycles. The predicted octanol–water partition coefficient (Wildman–Crippen LogP) is 2.74. The Morgan fingerprint density at radius 2 is 2.00 bits per heavy atom. The van der Waals surface area contributed by atoms with Crippen LogP contribution in [0.5, 0.6) is 0 Å². The van der Waals surface area contributed by atoms with Gasteiger partial charge in [-0.15, -0.1) is 0 Å². The van der Waals surface area contributed by atoms with Crippen molar-refractivity contribution < 1.29 is 18.4 Å². The summed E-state index contributed by atoms with van der Waals surface area (Å²) in [5, 5.41) is 3.49. The van der Waals surface area contributed by atoms with Gasteiger partial charge in [-0.1, -0.05) is 23.4 Å². The molecule has 2 aromatic rings. The maximum atomic E-state index is 13.8. The fraction of sp³-hybridized carbons (Fsp3) is 0.211. The van der Waals surface area contributed by atoms with Crippen LogP contribution in [0.25, 0.3) is 0 Å². The Labute approximate surface area is 179 Å². The second kappa shape index (κ2) is 8.68. The number of nitrogens with zero attached hydrogens (tertiary/aromatic N) is 2. The first kappa shape index (κ1) is 20.7. The molecule has 7 nitrogen and oxygen atoms in total. The van der Waals surface area contributed by atoms with E-state index in [1.165, 1.54) is 11.0 Å². The van der Waals surface area contributed by atoms with Crippen LogP contribution in [0.2, 0.25) is 5.02 Å². The molecule has 2 unspecified atom stereocenters. The lowest BCUT2D eigenvalue weighted by Gasteiger charge is -2.32. The zero-order valence-corrected chi connectivity index (χ0v) is 16.9. The quantitative estimate of drug-likeness (QED) is 0.665. The van der Waals surface area contributed by atoms with Crippen LogP contribution in [0.4, 0.5) is 20.2 Å². The number of aliphatic imine (C=N–C) groups is 1. The second-order valence-electron chi connectivity index (χ2n) is 6.60. The lowest BCUT2D eigenvalue weighted by molar-refractivity contribution is -0.121. The first-order chi connectivity index (χ1) is 14.4. The Balaban J connectivity index is 1.53. The summed E-state index contributed by atoms with van der Waals surface area (Å²) in [5.41, 5.74) is 6.49. The Morgan fingerprint density at radius 1 is 1.23 bits per heavy atom. The number of nitrogens with one attached hydrogen (secondary N) is 3. The van der Waals surface area contributed by atoms with Gasteiger partial charge in [0.15, 0.2) is 16.8 Å². The normalized spacial score (nSPS) is 20.7. The molecule has 0 saturated carbocycles. The molecule has 11 heteroatoms. The van der Waals surface area contributed by atoms with Gasteiger partial charge in [0.25, 0.3) is 0 Å². The summed E-state index contributed by atoms with van der Waals surface area (Å²) < 4.78 is 27.1. The van der Waals surface area contributed by atoms with Gasteiger partial charge < -0.3 is 5.32 Å². The number of amidine groups is 1. The molecule has 1 fully saturated rings. The summed E-state index contributed by atoms with van der Waals surface area (Å²) >= 11 is 6.86. The van der Waals surface area contributed by atoms with E-state index < -0.39 is 23.7 Å². The Kier molecular flexibility index (Phi) is 6.00. The molecular formula is C19H16ClF2N5O2S. The molecule has 2 aromatic carbocycles. The highest BCUT2D eigenvalue weighted by Gasteiger charge is 2.42. The maximum absolute atomic E-state index is 13.8. The van der Waals surface area contributed by atoms with Crippen LogP contribution in [0.1, 0.15) is 0 Å². The molecule has 0 aromatic heterocycles. The summed E-state index contributed by atoms with van der Waals surface area (Å²) in [6.45, 7) is 0.349. The van der Waals surface area contributed by atoms with Gasteiger partial charge in [-0.05, 0) is 36.4 Å². The van der Waals surface area contributed by atoms with Crippen molar-refractivity contribution in [3.63, 3.8) is 0 Å². The van der Waals surface area contributed by atoms with E-state index in [0.29, 0.717) is 17.3 Å². The minimum absolute atomic E-state index is 0.0419. The maximum Gasteiger partial charge on any atom is 0.241 e. The Morgan fingerprint density at radius 3 is 2.73 bits per heavy atom. The highest BCUT2D eigenvalue weighted by Crippen LogP contribution is 2.30. The SMILES string of the molecule is O=C(CSC1=NC2NNCC2C(=O)N1c1ccc(F)c(F)c1)Nc1ccc(Cl)cc1. The Hall–Kier alpha value is -2.53. The fourth-order valence-corrected chi connectivity index (χ4v) is 4.06. The number of amides is 2. The smallest absolute Gasteiger partial charge is 0.241 e. The molecule has 2 atom stereocenters. The van der Waals surface area contributed by atoms with Crippen LogP contribution in [-0.2, 0) is 9.59 Å². The third kappa shape index (κ3) is 4.31. The average Bonchev–Trinajstić information content (AvgIpc) is 3.19. The number of hydrogen-bond acceptors (Lipinski definition) is 6. The molecular weight excluding hydrogens is 436 g/mol. The van der Waals surface area contributed by atoms with Crippen molar-refractivity contribution in [3.05, 3.63) is 59.1 Å². The molecule has 2 aliphatic rings. The van der Waals surface area contributed by atoms with E-state index in [-0.39, 0.29) is 28.4 Å². The fourth-order valence-electron chi connectivity index (χ4n) is 3.09. The van der Waals surface area contributed by atoms with E-state index >= 15 is 0 Å². The highest BCUT2D eigenvalue weighted by molar-refractivity contribution is 8.14. The standard InChI is InChI=1S/C19H16ClF2N5O2S/c20-10-1-3-11(4-2-10)24-16(28)9-30-19-25-17-13(8-23-26-17)18(29)27(19)12-5-6-14(21)15(22)7-12/h1-7,13,17,23,26H,8-9H2,(H,24,28). The van der Waals surface area contributed by atoms with Gasteiger partial charge in [-0.25, -0.2) is 19.2 Å². The average molecular weight is 452 g/mol. The van der Waals surface area contributed by atoms with E-state index in [0.717, 1.165) is 23.9 Å². The van der Waals surface area contributed by atoms with Crippen LogP contribution in [0.3, 0.4) is 0 Å². The molecule has 0 spiro atoms. The molecule has 4 rings (SSSR count). The molecule has 2 amide bonds. The zero-order chi connectivity index (χ0) is 21.3. The van der Waals surface area contributed by atoms with Crippen LogP contribution in [-0.4, -0.2) is 35.4 Å². The summed E-state index contributed by atoms with van der Waals surface area (Å²) in [5.74, 6) is -3.26. The van der Waals surface area contributed by atoms with Gasteiger partial charge >= 0.3 is 0 Å². The molecule has 3 N–H and O–H groups in total. The number of thioether (sulfide) groups is 1. The number of fused-ring (bicyclic) bond motifs is 1. The topological polar surface area (TPSA) is 85.8 Å². The van der Waals surface area contributed by atoms with Crippen LogP contribution in [0.15, 0.2) is 47.5 Å². The van der Waals surface area contributed by atoms with Crippen molar-refractivity contribution in [2.75, 3.05) is 22.5 Å². The van der Waals surface area contributed by atoms with Crippen LogP contribution in [0, 0.1) is 17.6 Å². The van der Waals surface area contributed by atoms with Crippen molar-refractivity contribution in [1.82, 2.24) is 10.9 Å². The molecule has 0 radical (unpaired) electrons. The second-order valence-corrected chi connectivity index (χ2v) is 7.98. The number of rotatable bonds is 4. The molecule has 30 heavy (non-hydrogen) atoms. The van der Waals surface area contributed by atoms with Crippen molar-refractivity contribution in [3.8, 4) is 0 Å². The van der Waals surface area contributed by atoms with Crippen molar-refractivity contribution >= 4 is 51.7 Å². The van der Waals surface area contributed by atoms with Gasteiger partial charge in [0, 0.05) is 23.3 Å². The number of anilines is 2. The van der Waals surface area contributed by atoms with Crippen molar-refractivity contribution in [2.24, 2.45) is 10.9 Å². The monoisotopic (exact) mass is 451 g/mol. The van der Waals surface area contributed by atoms with Gasteiger partial charge in [-0.3, -0.25) is 19.9 Å². The summed E-state index contributed by atoms with van der Waals surface area (Å²) in [6, 6.07) is 9.82. The van der Waals surface area contributed by atoms with Crippen molar-refractivity contribution in [1.29, 1.82) is 0 Å². The van der Waals surface area contributed by atoms with Gasteiger partial charge in [0.05, 0.1) is 17.4 Å². The molecule has 0 bridgehead atoms. The minimum atomic E-state index is -1.07. The van der Waals surface area contributed by atoms with Gasteiger partial charge in [0.2, 0.25) is 11.8 Å². The van der Waals surface area contributed by atoms with E-state index in [4.69, 9.17) is 11.6 Å². The minimum Gasteiger partial charge on any atom is -0.325 e. The van der Waals surface area contributed by atoms with Crippen LogP contribution < -0.4 is 21.1 Å². The van der Waals surface area contributed by atoms with Crippen LogP contribution >= 0.6 is 23.4 Å².